The number of nitrogens with zero attached hydrogens (tertiary/aromatic N) is 2. The molecular weight excluding hydrogens is 360 g/mol. The van der Waals surface area contributed by atoms with Gasteiger partial charge in [-0.2, -0.15) is 0 Å². The number of carbonyl (C=O) groups excluding carboxylic acids is 1. The molecule has 0 aromatic heterocycles. The lowest BCUT2D eigenvalue weighted by Gasteiger charge is -2.39. The fourth-order valence-corrected chi connectivity index (χ4v) is 5.60. The highest BCUT2D eigenvalue weighted by Crippen LogP contribution is 2.41. The topological polar surface area (TPSA) is 32.8 Å². The number of para-hydroxylation sites is 1. The molecule has 1 fully saturated rings. The minimum absolute atomic E-state index is 0.197. The summed E-state index contributed by atoms with van der Waals surface area (Å²) in [6.45, 7) is 1.62. The van der Waals surface area contributed by atoms with Gasteiger partial charge in [-0.3, -0.25) is 4.90 Å². The molecule has 2 bridgehead atoms. The van der Waals surface area contributed by atoms with Gasteiger partial charge in [0.15, 0.2) is 0 Å². The molecule has 1 saturated heterocycles. The maximum absolute atomic E-state index is 13.6. The zero-order valence-corrected chi connectivity index (χ0v) is 16.6. The van der Waals surface area contributed by atoms with E-state index in [1.54, 1.807) is 0 Å². The SMILES string of the molecule is O=C(N1CCCc2ccccc21)N1C2C=C(c3ccc4c(c3)CCO4)CC1CC2. The van der Waals surface area contributed by atoms with Crippen molar-refractivity contribution in [2.24, 2.45) is 0 Å². The van der Waals surface area contributed by atoms with Gasteiger partial charge in [0.25, 0.3) is 0 Å². The van der Waals surface area contributed by atoms with Crippen LogP contribution in [0.2, 0.25) is 0 Å². The van der Waals surface area contributed by atoms with Gasteiger partial charge < -0.3 is 9.64 Å². The summed E-state index contributed by atoms with van der Waals surface area (Å²) in [6, 6.07) is 15.7. The average molecular weight is 386 g/mol. The highest BCUT2D eigenvalue weighted by molar-refractivity contribution is 5.94. The summed E-state index contributed by atoms with van der Waals surface area (Å²) in [4.78, 5) is 17.8. The van der Waals surface area contributed by atoms with Gasteiger partial charge >= 0.3 is 6.03 Å². The van der Waals surface area contributed by atoms with Gasteiger partial charge in [-0.1, -0.05) is 30.3 Å². The number of amides is 2. The molecule has 4 nitrogen and oxygen atoms in total. The lowest BCUT2D eigenvalue weighted by atomic mass is 9.93. The number of rotatable bonds is 1. The van der Waals surface area contributed by atoms with Gasteiger partial charge in [0.05, 0.1) is 12.6 Å². The molecule has 2 aromatic carbocycles. The summed E-state index contributed by atoms with van der Waals surface area (Å²) < 4.78 is 5.66. The lowest BCUT2D eigenvalue weighted by Crippen LogP contribution is -2.51. The number of anilines is 1. The third-order valence-corrected chi connectivity index (χ3v) is 7.02. The molecule has 2 amide bonds. The number of urea groups is 1. The van der Waals surface area contributed by atoms with Crippen LogP contribution in [0.15, 0.2) is 48.5 Å². The van der Waals surface area contributed by atoms with Crippen LogP contribution in [0.3, 0.4) is 0 Å². The molecule has 4 aliphatic rings. The number of ether oxygens (including phenoxy) is 1. The molecule has 4 heteroatoms. The van der Waals surface area contributed by atoms with Gasteiger partial charge in [-0.25, -0.2) is 4.79 Å². The van der Waals surface area contributed by atoms with Crippen LogP contribution in [0.4, 0.5) is 10.5 Å². The van der Waals surface area contributed by atoms with Crippen molar-refractivity contribution in [2.75, 3.05) is 18.1 Å². The van der Waals surface area contributed by atoms with Gasteiger partial charge in [0.2, 0.25) is 0 Å². The molecule has 0 aliphatic carbocycles. The Bertz CT molecular complexity index is 1010. The second-order valence-electron chi connectivity index (χ2n) is 8.69. The number of hydrogen-bond acceptors (Lipinski definition) is 2. The van der Waals surface area contributed by atoms with Gasteiger partial charge in [0.1, 0.15) is 5.75 Å². The monoisotopic (exact) mass is 386 g/mol. The Morgan fingerprint density at radius 3 is 2.90 bits per heavy atom. The molecule has 2 unspecified atom stereocenters. The molecule has 4 heterocycles. The second kappa shape index (κ2) is 6.65. The van der Waals surface area contributed by atoms with E-state index in [0.29, 0.717) is 6.04 Å². The first-order valence-electron chi connectivity index (χ1n) is 10.9. The molecule has 29 heavy (non-hydrogen) atoms. The van der Waals surface area contributed by atoms with Crippen molar-refractivity contribution in [2.45, 2.75) is 50.6 Å². The maximum atomic E-state index is 13.6. The van der Waals surface area contributed by atoms with E-state index in [-0.39, 0.29) is 12.1 Å². The molecular formula is C25H26N2O2. The smallest absolute Gasteiger partial charge is 0.325 e. The van der Waals surface area contributed by atoms with E-state index >= 15 is 0 Å². The summed E-state index contributed by atoms with van der Waals surface area (Å²) in [7, 11) is 0. The second-order valence-corrected chi connectivity index (χ2v) is 8.69. The van der Waals surface area contributed by atoms with E-state index in [9.17, 15) is 4.79 Å². The minimum atomic E-state index is 0.197. The first-order chi connectivity index (χ1) is 14.3. The zero-order valence-electron chi connectivity index (χ0n) is 16.6. The number of benzene rings is 2. The third-order valence-electron chi connectivity index (χ3n) is 7.02. The highest BCUT2D eigenvalue weighted by atomic mass is 16.5. The molecule has 0 spiro atoms. The van der Waals surface area contributed by atoms with E-state index in [0.717, 1.165) is 63.1 Å². The summed E-state index contributed by atoms with van der Waals surface area (Å²) in [5.41, 5.74) is 6.43. The average Bonchev–Trinajstić information content (AvgIpc) is 3.33. The van der Waals surface area contributed by atoms with Gasteiger partial charge in [-0.15, -0.1) is 0 Å². The van der Waals surface area contributed by atoms with Crippen LogP contribution in [0, 0.1) is 0 Å². The molecule has 2 atom stereocenters. The first-order valence-corrected chi connectivity index (χ1v) is 10.9. The fraction of sp³-hybridized carbons (Fsp3) is 0.400. The Balaban J connectivity index is 1.29. The Labute approximate surface area is 171 Å². The Morgan fingerprint density at radius 1 is 1.03 bits per heavy atom. The Morgan fingerprint density at radius 2 is 1.97 bits per heavy atom. The lowest BCUT2D eigenvalue weighted by molar-refractivity contribution is 0.186. The number of aryl methyl sites for hydroxylation is 1. The summed E-state index contributed by atoms with van der Waals surface area (Å²) in [5, 5.41) is 0. The normalized spacial score (nSPS) is 24.6. The highest BCUT2D eigenvalue weighted by Gasteiger charge is 2.42. The number of fused-ring (bicyclic) bond motifs is 4. The van der Waals surface area contributed by atoms with Crippen LogP contribution in [0.1, 0.15) is 42.4 Å². The molecule has 0 saturated carbocycles. The van der Waals surface area contributed by atoms with Gasteiger partial charge in [-0.05, 0) is 72.6 Å². The molecule has 6 rings (SSSR count). The van der Waals surface area contributed by atoms with Gasteiger partial charge in [0, 0.05) is 24.7 Å². The van der Waals surface area contributed by atoms with Crippen molar-refractivity contribution < 1.29 is 9.53 Å². The molecule has 4 aliphatic heterocycles. The van der Waals surface area contributed by atoms with Crippen molar-refractivity contribution in [1.82, 2.24) is 4.90 Å². The van der Waals surface area contributed by atoms with E-state index in [1.807, 2.05) is 11.0 Å². The van der Waals surface area contributed by atoms with Crippen molar-refractivity contribution in [3.63, 3.8) is 0 Å². The Hall–Kier alpha value is -2.75. The van der Waals surface area contributed by atoms with E-state index in [4.69, 9.17) is 4.74 Å². The molecule has 148 valence electrons. The van der Waals surface area contributed by atoms with Crippen molar-refractivity contribution in [3.8, 4) is 5.75 Å². The van der Waals surface area contributed by atoms with E-state index in [2.05, 4.69) is 47.4 Å². The zero-order chi connectivity index (χ0) is 19.4. The van der Waals surface area contributed by atoms with Crippen LogP contribution in [0.25, 0.3) is 5.57 Å². The predicted octanol–water partition coefficient (Wildman–Crippen LogP) is 4.81. The molecule has 0 radical (unpaired) electrons. The Kier molecular flexibility index (Phi) is 3.93. The summed E-state index contributed by atoms with van der Waals surface area (Å²) in [5.74, 6) is 1.04. The van der Waals surface area contributed by atoms with Crippen molar-refractivity contribution >= 4 is 17.3 Å². The van der Waals surface area contributed by atoms with E-state index < -0.39 is 0 Å². The third kappa shape index (κ3) is 2.77. The van der Waals surface area contributed by atoms with Crippen LogP contribution in [0.5, 0.6) is 5.75 Å². The van der Waals surface area contributed by atoms with Crippen LogP contribution >= 0.6 is 0 Å². The molecule has 2 aromatic rings. The summed E-state index contributed by atoms with van der Waals surface area (Å²) in [6.07, 6.45) is 8.60. The maximum Gasteiger partial charge on any atom is 0.325 e. The largest absolute Gasteiger partial charge is 0.493 e. The minimum Gasteiger partial charge on any atom is -0.493 e. The van der Waals surface area contributed by atoms with Crippen LogP contribution < -0.4 is 9.64 Å². The van der Waals surface area contributed by atoms with Crippen LogP contribution in [-0.2, 0) is 12.8 Å². The number of hydrogen-bond donors (Lipinski definition) is 0. The van der Waals surface area contributed by atoms with E-state index in [1.165, 1.54) is 22.3 Å². The van der Waals surface area contributed by atoms with Crippen molar-refractivity contribution in [1.29, 1.82) is 0 Å². The quantitative estimate of drug-likeness (QED) is 0.704. The predicted molar refractivity (Wildman–Crippen MR) is 114 cm³/mol. The van der Waals surface area contributed by atoms with Crippen molar-refractivity contribution in [3.05, 3.63) is 65.2 Å². The fourth-order valence-electron chi connectivity index (χ4n) is 5.60. The number of carbonyl (C=O) groups is 1. The first kappa shape index (κ1) is 17.1. The molecule has 0 N–H and O–H groups in total. The summed E-state index contributed by atoms with van der Waals surface area (Å²) >= 11 is 0. The van der Waals surface area contributed by atoms with Crippen LogP contribution in [-0.4, -0.2) is 36.2 Å². The standard InChI is InChI=1S/C25H26N2O2/c28-25(26-12-3-5-17-4-1-2-6-23(17)26)27-21-8-9-22(27)16-20(15-21)18-7-10-24-19(14-18)11-13-29-24/h1-2,4,6-7,10,14-15,21-22H,3,5,8-9,11-13,16H2.